The average molecular weight is 287 g/mol. The van der Waals surface area contributed by atoms with Gasteiger partial charge in [0, 0.05) is 12.6 Å². The Morgan fingerprint density at radius 2 is 1.90 bits per heavy atom. The summed E-state index contributed by atoms with van der Waals surface area (Å²) in [5.74, 6) is 0.348. The van der Waals surface area contributed by atoms with Crippen LogP contribution in [0.5, 0.6) is 0 Å². The molecule has 0 spiro atoms. The van der Waals surface area contributed by atoms with Gasteiger partial charge in [-0.25, -0.2) is 0 Å². The first-order chi connectivity index (χ1) is 10.1. The van der Waals surface area contributed by atoms with Gasteiger partial charge in [0.2, 0.25) is 5.91 Å². The average Bonchev–Trinajstić information content (AvgIpc) is 2.97. The van der Waals surface area contributed by atoms with Crippen molar-refractivity contribution in [2.45, 2.75) is 43.7 Å². The van der Waals surface area contributed by atoms with Crippen LogP contribution in [0, 0.1) is 5.92 Å². The maximum atomic E-state index is 12.1. The number of benzene rings is 1. The predicted molar refractivity (Wildman–Crippen MR) is 83.4 cm³/mol. The van der Waals surface area contributed by atoms with E-state index in [1.54, 1.807) is 0 Å². The number of carbonyl (C=O) groups excluding carboxylic acids is 1. The third-order valence-electron chi connectivity index (χ3n) is 5.29. The fourth-order valence-electron chi connectivity index (χ4n) is 4.12. The molecule has 1 amide bonds. The van der Waals surface area contributed by atoms with Crippen molar-refractivity contribution in [2.75, 3.05) is 13.1 Å². The van der Waals surface area contributed by atoms with E-state index in [1.165, 1.54) is 32.1 Å². The predicted octanol–water partition coefficient (Wildman–Crippen LogP) is 1.59. The van der Waals surface area contributed by atoms with E-state index in [4.69, 9.17) is 11.5 Å². The molecule has 21 heavy (non-hydrogen) atoms. The number of amides is 1. The normalized spacial score (nSPS) is 28.8. The van der Waals surface area contributed by atoms with Crippen LogP contribution in [0.25, 0.3) is 0 Å². The standard InChI is InChI=1S/C17H25N3O/c18-16(21)17(19,14-8-2-1-3-9-14)12-20-11-5-7-13-6-4-10-15(13)20/h1-3,8-9,13,15H,4-7,10-12,19H2,(H2,18,21). The molecule has 1 aliphatic carbocycles. The lowest BCUT2D eigenvalue weighted by molar-refractivity contribution is -0.124. The van der Waals surface area contributed by atoms with Gasteiger partial charge in [-0.15, -0.1) is 0 Å². The summed E-state index contributed by atoms with van der Waals surface area (Å²) in [5, 5.41) is 0. The van der Waals surface area contributed by atoms with Gasteiger partial charge in [-0.05, 0) is 43.7 Å². The number of carbonyl (C=O) groups is 1. The SMILES string of the molecule is NC(=O)C(N)(CN1CCCC2CCCC21)c1ccccc1. The van der Waals surface area contributed by atoms with Gasteiger partial charge in [0.15, 0.2) is 0 Å². The Labute approximate surface area is 126 Å². The lowest BCUT2D eigenvalue weighted by Crippen LogP contribution is -2.59. The Morgan fingerprint density at radius 1 is 1.19 bits per heavy atom. The highest BCUT2D eigenvalue weighted by atomic mass is 16.1. The van der Waals surface area contributed by atoms with Crippen molar-refractivity contribution in [2.24, 2.45) is 17.4 Å². The maximum absolute atomic E-state index is 12.1. The highest BCUT2D eigenvalue weighted by Gasteiger charge is 2.41. The minimum absolute atomic E-state index is 0.436. The number of piperidine rings is 1. The second-order valence-electron chi connectivity index (χ2n) is 6.57. The fraction of sp³-hybridized carbons (Fsp3) is 0.588. The van der Waals surface area contributed by atoms with E-state index in [1.807, 2.05) is 30.3 Å². The van der Waals surface area contributed by atoms with Crippen LogP contribution in [0.3, 0.4) is 0 Å². The Bertz CT molecular complexity index is 504. The van der Waals surface area contributed by atoms with Gasteiger partial charge < -0.3 is 11.5 Å². The number of fused-ring (bicyclic) bond motifs is 1. The van der Waals surface area contributed by atoms with Crippen LogP contribution in [0.1, 0.15) is 37.7 Å². The van der Waals surface area contributed by atoms with Crippen LogP contribution >= 0.6 is 0 Å². The molecule has 3 atom stereocenters. The molecule has 1 aromatic carbocycles. The van der Waals surface area contributed by atoms with Gasteiger partial charge in [0.1, 0.15) is 5.54 Å². The molecule has 4 nitrogen and oxygen atoms in total. The van der Waals surface area contributed by atoms with Crippen LogP contribution in [0.15, 0.2) is 30.3 Å². The third kappa shape index (κ3) is 2.70. The van der Waals surface area contributed by atoms with Gasteiger partial charge in [0.25, 0.3) is 0 Å². The largest absolute Gasteiger partial charge is 0.368 e. The summed E-state index contributed by atoms with van der Waals surface area (Å²) >= 11 is 0. The molecule has 0 aromatic heterocycles. The molecule has 0 radical (unpaired) electrons. The van der Waals surface area contributed by atoms with E-state index < -0.39 is 11.4 Å². The number of nitrogens with two attached hydrogens (primary N) is 2. The van der Waals surface area contributed by atoms with E-state index in [9.17, 15) is 4.79 Å². The molecule has 4 heteroatoms. The van der Waals surface area contributed by atoms with Gasteiger partial charge in [-0.1, -0.05) is 36.8 Å². The number of rotatable bonds is 4. The molecule has 2 aliphatic rings. The van der Waals surface area contributed by atoms with Crippen LogP contribution in [-0.2, 0) is 10.3 Å². The number of nitrogens with zero attached hydrogens (tertiary/aromatic N) is 1. The Kier molecular flexibility index (Phi) is 4.00. The lowest BCUT2D eigenvalue weighted by Gasteiger charge is -2.42. The molecular formula is C17H25N3O. The van der Waals surface area contributed by atoms with Crippen molar-refractivity contribution in [1.82, 2.24) is 4.90 Å². The van der Waals surface area contributed by atoms with Gasteiger partial charge in [0.05, 0.1) is 0 Å². The monoisotopic (exact) mass is 287 g/mol. The highest BCUT2D eigenvalue weighted by molar-refractivity contribution is 5.86. The molecule has 1 saturated carbocycles. The van der Waals surface area contributed by atoms with Crippen LogP contribution in [-0.4, -0.2) is 29.9 Å². The Hall–Kier alpha value is -1.39. The van der Waals surface area contributed by atoms with Crippen molar-refractivity contribution < 1.29 is 4.79 Å². The summed E-state index contributed by atoms with van der Waals surface area (Å²) in [7, 11) is 0. The summed E-state index contributed by atoms with van der Waals surface area (Å²) in [4.78, 5) is 14.5. The first-order valence-corrected chi connectivity index (χ1v) is 7.99. The number of hydrogen-bond acceptors (Lipinski definition) is 3. The molecule has 0 bridgehead atoms. The topological polar surface area (TPSA) is 72.3 Å². The summed E-state index contributed by atoms with van der Waals surface area (Å²) in [5.41, 5.74) is 11.9. The molecule has 2 fully saturated rings. The minimum atomic E-state index is -1.09. The van der Waals surface area contributed by atoms with E-state index in [2.05, 4.69) is 4.90 Å². The van der Waals surface area contributed by atoms with Crippen LogP contribution < -0.4 is 11.5 Å². The van der Waals surface area contributed by atoms with E-state index in [0.717, 1.165) is 18.0 Å². The summed E-state index contributed by atoms with van der Waals surface area (Å²) in [6.45, 7) is 1.56. The van der Waals surface area contributed by atoms with Gasteiger partial charge in [-0.3, -0.25) is 9.69 Å². The quantitative estimate of drug-likeness (QED) is 0.883. The van der Waals surface area contributed by atoms with Crippen molar-refractivity contribution in [3.05, 3.63) is 35.9 Å². The second kappa shape index (κ2) is 5.78. The first kappa shape index (κ1) is 14.5. The van der Waals surface area contributed by atoms with E-state index >= 15 is 0 Å². The lowest BCUT2D eigenvalue weighted by atomic mass is 9.86. The summed E-state index contributed by atoms with van der Waals surface area (Å²) in [6.07, 6.45) is 6.37. The molecule has 1 saturated heterocycles. The van der Waals surface area contributed by atoms with Crippen LogP contribution in [0.2, 0.25) is 0 Å². The zero-order valence-electron chi connectivity index (χ0n) is 12.5. The molecular weight excluding hydrogens is 262 g/mol. The summed E-state index contributed by atoms with van der Waals surface area (Å²) in [6, 6.07) is 10.1. The number of likely N-dealkylation sites (tertiary alicyclic amines) is 1. The molecule has 3 rings (SSSR count). The minimum Gasteiger partial charge on any atom is -0.368 e. The molecule has 1 heterocycles. The second-order valence-corrected chi connectivity index (χ2v) is 6.57. The molecule has 1 aliphatic heterocycles. The molecule has 3 unspecified atom stereocenters. The first-order valence-electron chi connectivity index (χ1n) is 7.99. The third-order valence-corrected chi connectivity index (χ3v) is 5.29. The van der Waals surface area contributed by atoms with Crippen molar-refractivity contribution >= 4 is 5.91 Å². The van der Waals surface area contributed by atoms with Crippen LogP contribution in [0.4, 0.5) is 0 Å². The maximum Gasteiger partial charge on any atom is 0.243 e. The van der Waals surface area contributed by atoms with Crippen molar-refractivity contribution in [1.29, 1.82) is 0 Å². The Balaban J connectivity index is 1.84. The highest BCUT2D eigenvalue weighted by Crippen LogP contribution is 2.37. The molecule has 4 N–H and O–H groups in total. The van der Waals surface area contributed by atoms with Crippen molar-refractivity contribution in [3.8, 4) is 0 Å². The smallest absolute Gasteiger partial charge is 0.243 e. The van der Waals surface area contributed by atoms with E-state index in [-0.39, 0.29) is 0 Å². The summed E-state index contributed by atoms with van der Waals surface area (Å²) < 4.78 is 0. The number of hydrogen-bond donors (Lipinski definition) is 2. The van der Waals surface area contributed by atoms with E-state index in [0.29, 0.717) is 12.6 Å². The Morgan fingerprint density at radius 3 is 2.62 bits per heavy atom. The zero-order chi connectivity index (χ0) is 14.9. The fourth-order valence-corrected chi connectivity index (χ4v) is 4.12. The van der Waals surface area contributed by atoms with Gasteiger partial charge >= 0.3 is 0 Å². The number of primary amides is 1. The molecule has 114 valence electrons. The zero-order valence-corrected chi connectivity index (χ0v) is 12.5. The van der Waals surface area contributed by atoms with Crippen molar-refractivity contribution in [3.63, 3.8) is 0 Å². The van der Waals surface area contributed by atoms with Gasteiger partial charge in [-0.2, -0.15) is 0 Å². The molecule has 1 aromatic rings.